The fraction of sp³-hybridized carbons (Fsp3) is 0.721. The summed E-state index contributed by atoms with van der Waals surface area (Å²) in [4.78, 5) is 34.8. The number of ether oxygens (including phenoxy) is 2. The van der Waals surface area contributed by atoms with E-state index in [1.54, 1.807) is 12.2 Å². The predicted molar refractivity (Wildman–Crippen MR) is 221 cm³/mol. The Morgan fingerprint density at radius 3 is 1.85 bits per heavy atom. The lowest BCUT2D eigenvalue weighted by molar-refractivity contribution is -0.161. The van der Waals surface area contributed by atoms with E-state index in [4.69, 9.17) is 24.3 Å². The monoisotopic (exact) mass is 782 g/mol. The summed E-state index contributed by atoms with van der Waals surface area (Å²) in [5, 5.41) is 10.2. The van der Waals surface area contributed by atoms with Crippen LogP contribution >= 0.6 is 7.82 Å². The highest BCUT2D eigenvalue weighted by Crippen LogP contribution is 2.43. The first-order valence-electron chi connectivity index (χ1n) is 20.9. The number of hydrogen-bond acceptors (Lipinski definition) is 9. The van der Waals surface area contributed by atoms with Gasteiger partial charge in [-0.2, -0.15) is 0 Å². The van der Waals surface area contributed by atoms with E-state index in [1.807, 2.05) is 12.2 Å². The van der Waals surface area contributed by atoms with E-state index in [9.17, 15) is 24.2 Å². The fourth-order valence-electron chi connectivity index (χ4n) is 5.32. The maximum atomic E-state index is 12.6. The summed E-state index contributed by atoms with van der Waals surface area (Å²) in [5.41, 5.74) is 5.33. The number of aliphatic hydroxyl groups excluding tert-OH is 1. The van der Waals surface area contributed by atoms with Gasteiger partial charge < -0.3 is 25.2 Å². The van der Waals surface area contributed by atoms with E-state index in [1.165, 1.54) is 70.6 Å². The van der Waals surface area contributed by atoms with Crippen LogP contribution in [-0.2, 0) is 32.7 Å². The third kappa shape index (κ3) is 38.0. The molecule has 0 aromatic heterocycles. The SMILES string of the molecule is CCCCC/C=C\C/C=C\C/C=C\C=C\[C@@H](O)CCCC(=O)OC[C@H](COP(=O)(O)OCCN)OC(=O)CCCCCCCCC/C=C\CCCCCC. The highest BCUT2D eigenvalue weighted by Gasteiger charge is 2.26. The van der Waals surface area contributed by atoms with Crippen LogP contribution in [-0.4, -0.2) is 60.5 Å². The van der Waals surface area contributed by atoms with Gasteiger partial charge in [-0.15, -0.1) is 0 Å². The van der Waals surface area contributed by atoms with E-state index < -0.39 is 38.6 Å². The molecule has 0 fully saturated rings. The van der Waals surface area contributed by atoms with Gasteiger partial charge in [-0.1, -0.05) is 139 Å². The van der Waals surface area contributed by atoms with Gasteiger partial charge in [-0.05, 0) is 70.6 Å². The van der Waals surface area contributed by atoms with Gasteiger partial charge in [0.2, 0.25) is 0 Å². The van der Waals surface area contributed by atoms with Crippen molar-refractivity contribution >= 4 is 19.8 Å². The second-order valence-corrected chi connectivity index (χ2v) is 15.2. The molecule has 0 aliphatic rings. The van der Waals surface area contributed by atoms with Crippen molar-refractivity contribution in [2.24, 2.45) is 5.73 Å². The molecule has 54 heavy (non-hydrogen) atoms. The number of esters is 2. The topological polar surface area (TPSA) is 155 Å². The Morgan fingerprint density at radius 2 is 1.19 bits per heavy atom. The Labute approximate surface area is 328 Å². The minimum absolute atomic E-state index is 0.0247. The molecule has 0 bridgehead atoms. The largest absolute Gasteiger partial charge is 0.472 e. The third-order valence-electron chi connectivity index (χ3n) is 8.48. The van der Waals surface area contributed by atoms with Gasteiger partial charge in [0, 0.05) is 19.4 Å². The normalized spacial score (nSPS) is 14.5. The maximum Gasteiger partial charge on any atom is 0.472 e. The van der Waals surface area contributed by atoms with Gasteiger partial charge >= 0.3 is 19.8 Å². The van der Waals surface area contributed by atoms with Crippen LogP contribution in [0.3, 0.4) is 0 Å². The first-order chi connectivity index (χ1) is 26.2. The molecule has 3 atom stereocenters. The molecule has 0 aromatic rings. The van der Waals surface area contributed by atoms with E-state index in [2.05, 4.69) is 50.3 Å². The van der Waals surface area contributed by atoms with Crippen molar-refractivity contribution in [1.82, 2.24) is 0 Å². The Morgan fingerprint density at radius 1 is 0.648 bits per heavy atom. The maximum absolute atomic E-state index is 12.6. The Kier molecular flexibility index (Phi) is 37.2. The van der Waals surface area contributed by atoms with Gasteiger partial charge in [0.1, 0.15) is 6.61 Å². The van der Waals surface area contributed by atoms with Crippen molar-refractivity contribution in [3.05, 3.63) is 60.8 Å². The molecule has 0 saturated carbocycles. The van der Waals surface area contributed by atoms with E-state index >= 15 is 0 Å². The molecule has 10 nitrogen and oxygen atoms in total. The summed E-state index contributed by atoms with van der Waals surface area (Å²) < 4.78 is 32.6. The van der Waals surface area contributed by atoms with Gasteiger partial charge in [-0.25, -0.2) is 4.57 Å². The van der Waals surface area contributed by atoms with Crippen LogP contribution in [0.1, 0.15) is 162 Å². The summed E-state index contributed by atoms with van der Waals surface area (Å²) in [7, 11) is -4.42. The number of hydrogen-bond donors (Lipinski definition) is 3. The number of unbranched alkanes of at least 4 members (excludes halogenated alkanes) is 14. The molecular weight excluding hydrogens is 705 g/mol. The average Bonchev–Trinajstić information content (AvgIpc) is 3.15. The predicted octanol–water partition coefficient (Wildman–Crippen LogP) is 10.7. The zero-order valence-corrected chi connectivity index (χ0v) is 34.7. The molecule has 0 saturated heterocycles. The average molecular weight is 782 g/mol. The van der Waals surface area contributed by atoms with Crippen LogP contribution in [0.25, 0.3) is 0 Å². The van der Waals surface area contributed by atoms with Crippen molar-refractivity contribution in [1.29, 1.82) is 0 Å². The third-order valence-corrected chi connectivity index (χ3v) is 9.46. The summed E-state index contributed by atoms with van der Waals surface area (Å²) in [5.74, 6) is -1.04. The highest BCUT2D eigenvalue weighted by atomic mass is 31.2. The lowest BCUT2D eigenvalue weighted by Gasteiger charge is -2.20. The van der Waals surface area contributed by atoms with Crippen molar-refractivity contribution in [2.45, 2.75) is 174 Å². The highest BCUT2D eigenvalue weighted by molar-refractivity contribution is 7.47. The Balaban J connectivity index is 4.39. The number of phosphoric acid groups is 1. The molecule has 0 heterocycles. The zero-order chi connectivity index (χ0) is 39.8. The van der Waals surface area contributed by atoms with Gasteiger partial charge in [0.15, 0.2) is 6.10 Å². The van der Waals surface area contributed by atoms with E-state index in [0.717, 1.165) is 44.9 Å². The summed E-state index contributed by atoms with van der Waals surface area (Å²) >= 11 is 0. The first-order valence-corrected chi connectivity index (χ1v) is 22.4. The van der Waals surface area contributed by atoms with Crippen molar-refractivity contribution in [3.63, 3.8) is 0 Å². The van der Waals surface area contributed by atoms with Gasteiger partial charge in [0.05, 0.1) is 19.3 Å². The van der Waals surface area contributed by atoms with Gasteiger partial charge in [0.25, 0.3) is 0 Å². The van der Waals surface area contributed by atoms with Crippen LogP contribution < -0.4 is 5.73 Å². The Hall–Kier alpha value is -2.33. The molecule has 0 aliphatic carbocycles. The molecule has 312 valence electrons. The molecule has 11 heteroatoms. The van der Waals surface area contributed by atoms with Crippen LogP contribution in [0.2, 0.25) is 0 Å². The summed E-state index contributed by atoms with van der Waals surface area (Å²) in [6, 6.07) is 0. The van der Waals surface area contributed by atoms with Crippen molar-refractivity contribution in [2.75, 3.05) is 26.4 Å². The molecule has 1 unspecified atom stereocenters. The second kappa shape index (κ2) is 38.9. The summed E-state index contributed by atoms with van der Waals surface area (Å²) in [6.45, 7) is 3.45. The van der Waals surface area contributed by atoms with Crippen molar-refractivity contribution < 1.29 is 42.7 Å². The number of rotatable bonds is 38. The number of carbonyl (C=O) groups excluding carboxylic acids is 2. The minimum Gasteiger partial charge on any atom is -0.462 e. The molecule has 0 amide bonds. The van der Waals surface area contributed by atoms with Crippen LogP contribution in [0.5, 0.6) is 0 Å². The standard InChI is InChI=1S/C43H76NO9P/c1-3-5-7-9-11-13-15-17-18-20-22-24-26-28-30-34-43(47)53-41(39-52-54(48,49)51-37-36-44)38-50-42(46)35-31-33-40(45)32-29-27-25-23-21-19-16-14-12-10-8-6-4-2/h12-15,19,21,25,27,29,32,40-41,45H,3-11,16-18,20,22-24,26,28,30-31,33-39,44H2,1-2H3,(H,48,49)/b14-12-,15-13-,21-19-,27-25-,32-29+/t40-,41-/m1/s1. The van der Waals surface area contributed by atoms with Crippen LogP contribution in [0, 0.1) is 0 Å². The molecule has 0 rings (SSSR count). The lowest BCUT2D eigenvalue weighted by atomic mass is 10.1. The minimum atomic E-state index is -4.42. The Bertz CT molecular complexity index is 1090. The quantitative estimate of drug-likeness (QED) is 0.0181. The van der Waals surface area contributed by atoms with Crippen LogP contribution in [0.15, 0.2) is 60.8 Å². The lowest BCUT2D eigenvalue weighted by Crippen LogP contribution is -2.29. The smallest absolute Gasteiger partial charge is 0.462 e. The summed E-state index contributed by atoms with van der Waals surface area (Å²) in [6.07, 6.45) is 41.4. The van der Waals surface area contributed by atoms with Crippen LogP contribution in [0.4, 0.5) is 0 Å². The van der Waals surface area contributed by atoms with E-state index in [0.29, 0.717) is 19.3 Å². The number of aliphatic hydroxyl groups is 1. The molecule has 0 aromatic carbocycles. The fourth-order valence-corrected chi connectivity index (χ4v) is 6.08. The van der Waals surface area contributed by atoms with Gasteiger partial charge in [-0.3, -0.25) is 18.6 Å². The first kappa shape index (κ1) is 51.7. The molecule has 0 radical (unpaired) electrons. The molecular formula is C43H76NO9P. The molecule has 0 aliphatic heterocycles. The molecule has 0 spiro atoms. The van der Waals surface area contributed by atoms with E-state index in [-0.39, 0.29) is 32.6 Å². The second-order valence-electron chi connectivity index (χ2n) is 13.7. The number of carbonyl (C=O) groups is 2. The number of allylic oxidation sites excluding steroid dienone is 9. The number of nitrogens with two attached hydrogens (primary N) is 1. The van der Waals surface area contributed by atoms with Crippen molar-refractivity contribution in [3.8, 4) is 0 Å². The zero-order valence-electron chi connectivity index (χ0n) is 33.8. The number of phosphoric ester groups is 1. The molecule has 4 N–H and O–H groups in total.